The van der Waals surface area contributed by atoms with Crippen LogP contribution in [0, 0.1) is 18.6 Å². The fourth-order valence-corrected chi connectivity index (χ4v) is 3.91. The van der Waals surface area contributed by atoms with Crippen LogP contribution < -0.4 is 9.47 Å². The summed E-state index contributed by atoms with van der Waals surface area (Å²) in [6.07, 6.45) is -8.78. The van der Waals surface area contributed by atoms with Crippen molar-refractivity contribution in [1.82, 2.24) is 9.78 Å². The van der Waals surface area contributed by atoms with Crippen molar-refractivity contribution in [2.24, 2.45) is 0 Å². The van der Waals surface area contributed by atoms with Gasteiger partial charge >= 0.3 is 6.16 Å². The topological polar surface area (TPSA) is 142 Å². The van der Waals surface area contributed by atoms with Crippen molar-refractivity contribution in [1.29, 1.82) is 0 Å². The van der Waals surface area contributed by atoms with Gasteiger partial charge in [0.1, 0.15) is 31.0 Å². The van der Waals surface area contributed by atoms with Crippen molar-refractivity contribution >= 4 is 6.16 Å². The average molecular weight is 516 g/mol. The van der Waals surface area contributed by atoms with E-state index in [4.69, 9.17) is 18.9 Å². The number of carbonyl (C=O) groups excluding carboxylic acids is 1. The molecule has 3 N–H and O–H groups in total. The van der Waals surface area contributed by atoms with Gasteiger partial charge in [0.15, 0.2) is 17.4 Å². The van der Waals surface area contributed by atoms with Crippen LogP contribution in [-0.4, -0.2) is 82.8 Å². The number of hydrogen-bond donors (Lipinski definition) is 3. The van der Waals surface area contributed by atoms with E-state index in [2.05, 4.69) is 9.84 Å². The number of carbonyl (C=O) groups is 1. The summed E-state index contributed by atoms with van der Waals surface area (Å²) in [4.78, 5) is 11.3. The number of rotatable bonds is 8. The number of ether oxygens (including phenoxy) is 5. The van der Waals surface area contributed by atoms with Gasteiger partial charge in [0, 0.05) is 23.7 Å². The lowest BCUT2D eigenvalue weighted by atomic mass is 9.99. The van der Waals surface area contributed by atoms with Gasteiger partial charge in [0.2, 0.25) is 12.2 Å². The molecule has 1 saturated heterocycles. The summed E-state index contributed by atoms with van der Waals surface area (Å²) in [5, 5.41) is 35.4. The molecule has 0 amide bonds. The Morgan fingerprint density at radius 1 is 1.14 bits per heavy atom. The number of hydrogen-bond acceptors (Lipinski definition) is 10. The zero-order valence-corrected chi connectivity index (χ0v) is 20.5. The molecule has 1 fully saturated rings. The first-order valence-corrected chi connectivity index (χ1v) is 11.1. The molecule has 11 nitrogen and oxygen atoms in total. The maximum atomic E-state index is 14.3. The van der Waals surface area contributed by atoms with Gasteiger partial charge in [-0.15, -0.1) is 5.10 Å². The largest absolute Gasteiger partial charge is 0.508 e. The molecular weight excluding hydrogens is 486 g/mol. The van der Waals surface area contributed by atoms with Crippen LogP contribution in [0.25, 0.3) is 0 Å². The Labute approximate surface area is 206 Å². The molecule has 1 aliphatic heterocycles. The van der Waals surface area contributed by atoms with Crippen LogP contribution in [0.4, 0.5) is 13.6 Å². The highest BCUT2D eigenvalue weighted by molar-refractivity contribution is 5.59. The summed E-state index contributed by atoms with van der Waals surface area (Å²) < 4.78 is 55.5. The highest BCUT2D eigenvalue weighted by Gasteiger charge is 2.46. The van der Waals surface area contributed by atoms with E-state index in [-0.39, 0.29) is 23.9 Å². The molecule has 200 valence electrons. The zero-order valence-electron chi connectivity index (χ0n) is 20.5. The summed E-state index contributed by atoms with van der Waals surface area (Å²) in [5.74, 6) is -2.27. The lowest BCUT2D eigenvalue weighted by Crippen LogP contribution is -2.60. The molecule has 2 aromatic rings. The Kier molecular flexibility index (Phi) is 8.71. The van der Waals surface area contributed by atoms with Crippen molar-refractivity contribution in [3.8, 4) is 11.6 Å². The third-order valence-corrected chi connectivity index (χ3v) is 5.80. The maximum absolute atomic E-state index is 14.3. The minimum Gasteiger partial charge on any atom is -0.491 e. The van der Waals surface area contributed by atoms with Gasteiger partial charge in [-0.3, -0.25) is 4.68 Å². The molecule has 13 heteroatoms. The van der Waals surface area contributed by atoms with E-state index in [9.17, 15) is 28.9 Å². The lowest BCUT2D eigenvalue weighted by molar-refractivity contribution is -0.278. The van der Waals surface area contributed by atoms with E-state index in [1.165, 1.54) is 0 Å². The molecule has 0 bridgehead atoms. The second-order valence-electron chi connectivity index (χ2n) is 8.57. The minimum absolute atomic E-state index is 0.00853. The van der Waals surface area contributed by atoms with Crippen molar-refractivity contribution in [2.75, 3.05) is 20.8 Å². The highest BCUT2D eigenvalue weighted by Crippen LogP contribution is 2.32. The van der Waals surface area contributed by atoms with Crippen molar-refractivity contribution in [3.63, 3.8) is 0 Å². The van der Waals surface area contributed by atoms with Crippen molar-refractivity contribution in [2.45, 2.75) is 63.9 Å². The number of methoxy groups -OCH3 is 2. The second kappa shape index (κ2) is 11.4. The molecule has 0 saturated carbocycles. The fraction of sp³-hybridized carbons (Fsp3) is 0.565. The smallest absolute Gasteiger partial charge is 0.491 e. The number of halogens is 2. The van der Waals surface area contributed by atoms with Gasteiger partial charge in [-0.05, 0) is 38.5 Å². The maximum Gasteiger partial charge on any atom is 0.508 e. The predicted octanol–water partition coefficient (Wildman–Crippen LogP) is 1.62. The molecule has 1 aromatic heterocycles. The third-order valence-electron chi connectivity index (χ3n) is 5.80. The Morgan fingerprint density at radius 2 is 1.78 bits per heavy atom. The van der Waals surface area contributed by atoms with Crippen LogP contribution in [0.15, 0.2) is 12.1 Å². The van der Waals surface area contributed by atoms with Gasteiger partial charge in [0.05, 0.1) is 14.2 Å². The Hall–Kier alpha value is -3.00. The van der Waals surface area contributed by atoms with Gasteiger partial charge in [-0.1, -0.05) is 0 Å². The van der Waals surface area contributed by atoms with E-state index in [1.54, 1.807) is 11.6 Å². The first kappa shape index (κ1) is 27.6. The summed E-state index contributed by atoms with van der Waals surface area (Å²) in [7, 11) is 2.26. The SMILES string of the molecule is COC(=O)OCC1O[C@@H](Oc2nn(C(C)C)c(C)c2Cc2cc(F)c(OC)c(F)c2)[C@H](O)[C@@H](O)[C@@H]1O. The van der Waals surface area contributed by atoms with E-state index in [0.29, 0.717) is 11.3 Å². The first-order chi connectivity index (χ1) is 17.0. The lowest BCUT2D eigenvalue weighted by Gasteiger charge is -2.39. The van der Waals surface area contributed by atoms with Crippen LogP contribution in [0.1, 0.15) is 36.7 Å². The fourth-order valence-electron chi connectivity index (χ4n) is 3.91. The standard InChI is InChI=1S/C23H30F2N2O9/c1-10(2)27-11(3)13(6-12-7-14(24)20(32-4)15(25)8-12)21(26-27)36-22-19(30)18(29)17(28)16(35-22)9-34-23(31)33-5/h7-8,10,16-19,22,28-30H,6,9H2,1-5H3/t16?,17-,18+,19-,22+/m1/s1. The van der Waals surface area contributed by atoms with Crippen LogP contribution in [0.5, 0.6) is 11.6 Å². The van der Waals surface area contributed by atoms with E-state index in [0.717, 1.165) is 26.4 Å². The molecule has 1 unspecified atom stereocenters. The quantitative estimate of drug-likeness (QED) is 0.443. The number of aliphatic hydroxyl groups is 3. The molecule has 2 heterocycles. The molecule has 0 radical (unpaired) electrons. The molecule has 1 aromatic carbocycles. The summed E-state index contributed by atoms with van der Waals surface area (Å²) in [6, 6.07) is 2.14. The van der Waals surface area contributed by atoms with Gasteiger partial charge in [-0.25, -0.2) is 13.6 Å². The zero-order chi connectivity index (χ0) is 26.7. The summed E-state index contributed by atoms with van der Waals surface area (Å²) >= 11 is 0. The second-order valence-corrected chi connectivity index (χ2v) is 8.57. The summed E-state index contributed by atoms with van der Waals surface area (Å²) in [5.41, 5.74) is 1.35. The van der Waals surface area contributed by atoms with E-state index >= 15 is 0 Å². The Balaban J connectivity index is 1.91. The Bertz CT molecular complexity index is 1060. The van der Waals surface area contributed by atoms with E-state index < -0.39 is 60.9 Å². The first-order valence-electron chi connectivity index (χ1n) is 11.1. The molecule has 3 rings (SSSR count). The molecular formula is C23H30F2N2O9. The monoisotopic (exact) mass is 516 g/mol. The summed E-state index contributed by atoms with van der Waals surface area (Å²) in [6.45, 7) is 4.99. The predicted molar refractivity (Wildman–Crippen MR) is 119 cm³/mol. The van der Waals surface area contributed by atoms with E-state index in [1.807, 2.05) is 13.8 Å². The van der Waals surface area contributed by atoms with Crippen LogP contribution in [0.2, 0.25) is 0 Å². The van der Waals surface area contributed by atoms with Crippen molar-refractivity contribution < 1.29 is 52.6 Å². The van der Waals surface area contributed by atoms with Gasteiger partial charge < -0.3 is 39.0 Å². The number of aliphatic hydroxyl groups excluding tert-OH is 3. The minimum atomic E-state index is -1.70. The van der Waals surface area contributed by atoms with Crippen LogP contribution in [0.3, 0.4) is 0 Å². The molecule has 5 atom stereocenters. The number of benzene rings is 1. The average Bonchev–Trinajstić information content (AvgIpc) is 3.13. The van der Waals surface area contributed by atoms with Gasteiger partial charge in [0.25, 0.3) is 0 Å². The molecule has 36 heavy (non-hydrogen) atoms. The highest BCUT2D eigenvalue weighted by atomic mass is 19.1. The number of nitrogens with zero attached hydrogens (tertiary/aromatic N) is 2. The molecule has 1 aliphatic rings. The normalized spacial score (nSPS) is 24.0. The van der Waals surface area contributed by atoms with Gasteiger partial charge in [-0.2, -0.15) is 0 Å². The number of aromatic nitrogens is 2. The van der Waals surface area contributed by atoms with Crippen LogP contribution in [-0.2, 0) is 20.6 Å². The molecule has 0 spiro atoms. The third kappa shape index (κ3) is 5.69. The molecule has 0 aliphatic carbocycles. The Morgan fingerprint density at radius 3 is 2.33 bits per heavy atom. The van der Waals surface area contributed by atoms with Crippen molar-refractivity contribution in [3.05, 3.63) is 40.6 Å². The van der Waals surface area contributed by atoms with Crippen LogP contribution >= 0.6 is 0 Å².